The number of benzene rings is 2. The summed E-state index contributed by atoms with van der Waals surface area (Å²) in [5.74, 6) is 0.172. The third-order valence-corrected chi connectivity index (χ3v) is 4.95. The number of amides is 1. The van der Waals surface area contributed by atoms with Crippen LogP contribution in [0.2, 0.25) is 0 Å². The summed E-state index contributed by atoms with van der Waals surface area (Å²) in [4.78, 5) is 17.2. The summed E-state index contributed by atoms with van der Waals surface area (Å²) in [5, 5.41) is 2.30. The van der Waals surface area contributed by atoms with Crippen molar-refractivity contribution >= 4 is 22.4 Å². The number of carbonyl (C=O) groups is 1. The highest BCUT2D eigenvalue weighted by atomic mass is 16.2. The van der Waals surface area contributed by atoms with E-state index in [1.54, 1.807) is 0 Å². The maximum absolute atomic E-state index is 12.7. The lowest BCUT2D eigenvalue weighted by Gasteiger charge is -2.27. The number of carbonyl (C=O) groups excluding carboxylic acids is 1. The van der Waals surface area contributed by atoms with Crippen LogP contribution < -0.4 is 4.90 Å². The summed E-state index contributed by atoms with van der Waals surface area (Å²) >= 11 is 0. The molecule has 3 nitrogen and oxygen atoms in total. The van der Waals surface area contributed by atoms with Gasteiger partial charge in [0, 0.05) is 17.5 Å². The number of piperidine rings is 1. The van der Waals surface area contributed by atoms with Crippen molar-refractivity contribution < 1.29 is 4.79 Å². The molecule has 2 heterocycles. The Hall–Kier alpha value is -1.87. The fourth-order valence-corrected chi connectivity index (χ4v) is 3.84. The Balaban J connectivity index is 1.49. The predicted molar refractivity (Wildman–Crippen MR) is 90.5 cm³/mol. The van der Waals surface area contributed by atoms with E-state index in [0.29, 0.717) is 0 Å². The lowest BCUT2D eigenvalue weighted by molar-refractivity contribution is 0.0991. The second-order valence-corrected chi connectivity index (χ2v) is 6.39. The van der Waals surface area contributed by atoms with E-state index in [1.165, 1.54) is 37.7 Å². The van der Waals surface area contributed by atoms with Crippen LogP contribution in [-0.2, 0) is 0 Å². The molecule has 2 aromatic rings. The summed E-state index contributed by atoms with van der Waals surface area (Å²) < 4.78 is 0. The molecule has 3 heteroatoms. The van der Waals surface area contributed by atoms with Crippen LogP contribution in [0.3, 0.4) is 0 Å². The van der Waals surface area contributed by atoms with Gasteiger partial charge in [-0.2, -0.15) is 0 Å². The van der Waals surface area contributed by atoms with E-state index in [4.69, 9.17) is 0 Å². The van der Waals surface area contributed by atoms with Gasteiger partial charge in [-0.15, -0.1) is 0 Å². The minimum absolute atomic E-state index is 0.172. The van der Waals surface area contributed by atoms with E-state index in [-0.39, 0.29) is 5.91 Å². The summed E-state index contributed by atoms with van der Waals surface area (Å²) in [7, 11) is 0. The van der Waals surface area contributed by atoms with Gasteiger partial charge < -0.3 is 9.80 Å². The Labute approximate surface area is 131 Å². The Morgan fingerprint density at radius 2 is 1.68 bits per heavy atom. The largest absolute Gasteiger partial charge is 0.308 e. The van der Waals surface area contributed by atoms with Gasteiger partial charge in [0.25, 0.3) is 5.91 Å². The molecule has 2 aromatic carbocycles. The van der Waals surface area contributed by atoms with Crippen LogP contribution in [0.1, 0.15) is 36.0 Å². The molecular weight excluding hydrogens is 272 g/mol. The molecule has 0 spiro atoms. The first-order valence-corrected chi connectivity index (χ1v) is 8.40. The van der Waals surface area contributed by atoms with E-state index in [0.717, 1.165) is 36.1 Å². The maximum Gasteiger partial charge on any atom is 0.258 e. The van der Waals surface area contributed by atoms with Crippen molar-refractivity contribution in [2.45, 2.75) is 25.7 Å². The van der Waals surface area contributed by atoms with Gasteiger partial charge in [0.15, 0.2) is 0 Å². The number of anilines is 1. The Morgan fingerprint density at radius 3 is 2.50 bits per heavy atom. The van der Waals surface area contributed by atoms with Crippen molar-refractivity contribution in [3.05, 3.63) is 42.0 Å². The molecule has 0 N–H and O–H groups in total. The van der Waals surface area contributed by atoms with Gasteiger partial charge in [-0.3, -0.25) is 4.79 Å². The lowest BCUT2D eigenvalue weighted by Crippen LogP contribution is -2.34. The summed E-state index contributed by atoms with van der Waals surface area (Å²) in [6.45, 7) is 4.38. The third-order valence-electron chi connectivity index (χ3n) is 4.95. The molecule has 0 unspecified atom stereocenters. The molecule has 1 fully saturated rings. The predicted octanol–water partition coefficient (Wildman–Crippen LogP) is 3.68. The van der Waals surface area contributed by atoms with Crippen LogP contribution in [0.4, 0.5) is 5.69 Å². The minimum atomic E-state index is 0.172. The van der Waals surface area contributed by atoms with E-state index < -0.39 is 0 Å². The SMILES string of the molecule is O=C1c2cccc3cccc(c23)N1CCCN1CCCCC1. The van der Waals surface area contributed by atoms with E-state index in [1.807, 2.05) is 17.0 Å². The van der Waals surface area contributed by atoms with Crippen molar-refractivity contribution in [2.75, 3.05) is 31.1 Å². The zero-order chi connectivity index (χ0) is 14.9. The Bertz CT molecular complexity index is 698. The first-order valence-electron chi connectivity index (χ1n) is 8.40. The fourth-order valence-electron chi connectivity index (χ4n) is 3.84. The average molecular weight is 294 g/mol. The minimum Gasteiger partial charge on any atom is -0.308 e. The first kappa shape index (κ1) is 13.8. The Kier molecular flexibility index (Phi) is 3.59. The second-order valence-electron chi connectivity index (χ2n) is 6.39. The summed E-state index contributed by atoms with van der Waals surface area (Å²) in [5.41, 5.74) is 1.96. The standard InChI is InChI=1S/C19H22N2O/c22-19-16-9-4-7-15-8-5-10-17(18(15)16)21(19)14-6-13-20-11-2-1-3-12-20/h4-5,7-10H,1-3,6,11-14H2. The van der Waals surface area contributed by atoms with Crippen molar-refractivity contribution in [3.63, 3.8) is 0 Å². The number of nitrogens with zero attached hydrogens (tertiary/aromatic N) is 2. The van der Waals surface area contributed by atoms with Crippen LogP contribution in [-0.4, -0.2) is 37.0 Å². The molecule has 0 aromatic heterocycles. The molecule has 0 saturated carbocycles. The van der Waals surface area contributed by atoms with E-state index >= 15 is 0 Å². The van der Waals surface area contributed by atoms with Crippen LogP contribution in [0, 0.1) is 0 Å². The van der Waals surface area contributed by atoms with Crippen LogP contribution in [0.25, 0.3) is 10.8 Å². The van der Waals surface area contributed by atoms with Crippen molar-refractivity contribution in [3.8, 4) is 0 Å². The molecule has 4 rings (SSSR count). The molecular formula is C19H22N2O. The van der Waals surface area contributed by atoms with Gasteiger partial charge in [-0.1, -0.05) is 30.7 Å². The molecule has 2 aliphatic heterocycles. The highest BCUT2D eigenvalue weighted by Gasteiger charge is 2.28. The first-order chi connectivity index (χ1) is 10.8. The zero-order valence-electron chi connectivity index (χ0n) is 12.9. The molecule has 2 aliphatic rings. The maximum atomic E-state index is 12.7. The number of likely N-dealkylation sites (tertiary alicyclic amines) is 1. The third kappa shape index (κ3) is 2.30. The van der Waals surface area contributed by atoms with Gasteiger partial charge in [-0.25, -0.2) is 0 Å². The average Bonchev–Trinajstić information content (AvgIpc) is 2.84. The topological polar surface area (TPSA) is 23.6 Å². The van der Waals surface area contributed by atoms with Gasteiger partial charge in [0.05, 0.1) is 5.69 Å². The highest BCUT2D eigenvalue weighted by molar-refractivity contribution is 6.24. The van der Waals surface area contributed by atoms with Crippen molar-refractivity contribution in [2.24, 2.45) is 0 Å². The number of hydrogen-bond acceptors (Lipinski definition) is 2. The molecule has 0 bridgehead atoms. The smallest absolute Gasteiger partial charge is 0.258 e. The van der Waals surface area contributed by atoms with Crippen LogP contribution in [0.5, 0.6) is 0 Å². The van der Waals surface area contributed by atoms with Crippen molar-refractivity contribution in [1.82, 2.24) is 4.90 Å². The summed E-state index contributed by atoms with van der Waals surface area (Å²) in [6.07, 6.45) is 5.08. The van der Waals surface area contributed by atoms with E-state index in [2.05, 4.69) is 29.2 Å². The van der Waals surface area contributed by atoms with E-state index in [9.17, 15) is 4.79 Å². The molecule has 114 valence electrons. The van der Waals surface area contributed by atoms with Crippen LogP contribution >= 0.6 is 0 Å². The quantitative estimate of drug-likeness (QED) is 0.859. The lowest BCUT2D eigenvalue weighted by atomic mass is 10.1. The second kappa shape index (κ2) is 5.73. The van der Waals surface area contributed by atoms with Crippen molar-refractivity contribution in [1.29, 1.82) is 0 Å². The fraction of sp³-hybridized carbons (Fsp3) is 0.421. The van der Waals surface area contributed by atoms with Gasteiger partial charge in [0.2, 0.25) is 0 Å². The molecule has 22 heavy (non-hydrogen) atoms. The molecule has 0 atom stereocenters. The highest BCUT2D eigenvalue weighted by Crippen LogP contribution is 2.37. The summed E-state index contributed by atoms with van der Waals surface area (Å²) in [6, 6.07) is 12.3. The Morgan fingerprint density at radius 1 is 0.909 bits per heavy atom. The van der Waals surface area contributed by atoms with Gasteiger partial charge >= 0.3 is 0 Å². The van der Waals surface area contributed by atoms with Gasteiger partial charge in [-0.05, 0) is 56.4 Å². The van der Waals surface area contributed by atoms with Gasteiger partial charge in [0.1, 0.15) is 0 Å². The molecule has 1 saturated heterocycles. The number of rotatable bonds is 4. The zero-order valence-corrected chi connectivity index (χ0v) is 12.9. The number of hydrogen-bond donors (Lipinski definition) is 0. The molecule has 1 amide bonds. The normalized spacial score (nSPS) is 18.4. The monoisotopic (exact) mass is 294 g/mol. The van der Waals surface area contributed by atoms with Crippen LogP contribution in [0.15, 0.2) is 36.4 Å². The molecule has 0 radical (unpaired) electrons. The molecule has 0 aliphatic carbocycles.